The molecular weight excluding hydrogens is 216 g/mol. The maximum absolute atomic E-state index is 13.0. The number of carbonyl (C=O) groups excluding carboxylic acids is 1. The van der Waals surface area contributed by atoms with E-state index in [0.29, 0.717) is 5.96 Å². The van der Waals surface area contributed by atoms with Gasteiger partial charge < -0.3 is 5.32 Å². The molecule has 1 saturated heterocycles. The highest BCUT2D eigenvalue weighted by Gasteiger charge is 2.29. The Labute approximate surface area is 90.4 Å². The highest BCUT2D eigenvalue weighted by molar-refractivity contribution is 6.06. The number of benzene rings is 1. The van der Waals surface area contributed by atoms with E-state index in [0.717, 1.165) is 18.2 Å². The monoisotopic (exact) mass is 225 g/mol. The first kappa shape index (κ1) is 10.5. The van der Waals surface area contributed by atoms with Crippen molar-refractivity contribution in [3.63, 3.8) is 0 Å². The third kappa shape index (κ3) is 1.86. The van der Waals surface area contributed by atoms with Gasteiger partial charge in [-0.15, -0.1) is 0 Å². The van der Waals surface area contributed by atoms with E-state index in [2.05, 4.69) is 15.6 Å². The Bertz CT molecular complexity index is 453. The quantitative estimate of drug-likeness (QED) is 0.739. The van der Waals surface area contributed by atoms with E-state index < -0.39 is 17.7 Å². The minimum absolute atomic E-state index is 0.230. The normalized spacial score (nSPS) is 22.1. The van der Waals surface area contributed by atoms with Crippen molar-refractivity contribution in [3.05, 3.63) is 35.4 Å². The van der Waals surface area contributed by atoms with E-state index in [1.165, 1.54) is 7.05 Å². The second kappa shape index (κ2) is 3.88. The Kier molecular flexibility index (Phi) is 2.55. The summed E-state index contributed by atoms with van der Waals surface area (Å²) in [4.78, 5) is 15.2. The van der Waals surface area contributed by atoms with Crippen LogP contribution in [0, 0.1) is 11.6 Å². The van der Waals surface area contributed by atoms with Crippen LogP contribution < -0.4 is 10.6 Å². The summed E-state index contributed by atoms with van der Waals surface area (Å²) in [7, 11) is 1.50. The maximum Gasteiger partial charge on any atom is 0.253 e. The molecule has 1 amide bonds. The molecule has 84 valence electrons. The number of carbonyl (C=O) groups is 1. The molecule has 2 rings (SSSR count). The number of halogens is 2. The zero-order valence-corrected chi connectivity index (χ0v) is 8.42. The van der Waals surface area contributed by atoms with Gasteiger partial charge in [0.25, 0.3) is 5.91 Å². The van der Waals surface area contributed by atoms with Crippen LogP contribution in [0.3, 0.4) is 0 Å². The van der Waals surface area contributed by atoms with Gasteiger partial charge in [0.1, 0.15) is 17.7 Å². The van der Waals surface area contributed by atoms with E-state index in [4.69, 9.17) is 0 Å². The van der Waals surface area contributed by atoms with Gasteiger partial charge in [0.2, 0.25) is 0 Å². The highest BCUT2D eigenvalue weighted by Crippen LogP contribution is 2.18. The van der Waals surface area contributed by atoms with Crippen LogP contribution in [-0.2, 0) is 4.79 Å². The van der Waals surface area contributed by atoms with Crippen molar-refractivity contribution in [1.29, 1.82) is 0 Å². The maximum atomic E-state index is 13.0. The largest absolute Gasteiger partial charge is 0.340 e. The number of amides is 1. The molecule has 16 heavy (non-hydrogen) atoms. The van der Waals surface area contributed by atoms with Gasteiger partial charge in [-0.3, -0.25) is 15.1 Å². The average Bonchev–Trinajstić information content (AvgIpc) is 2.58. The van der Waals surface area contributed by atoms with Gasteiger partial charge >= 0.3 is 0 Å². The molecule has 6 heteroatoms. The predicted molar refractivity (Wildman–Crippen MR) is 53.7 cm³/mol. The molecule has 1 atom stereocenters. The molecule has 0 radical (unpaired) electrons. The topological polar surface area (TPSA) is 53.5 Å². The lowest BCUT2D eigenvalue weighted by Crippen LogP contribution is -2.24. The van der Waals surface area contributed by atoms with E-state index in [9.17, 15) is 13.6 Å². The Morgan fingerprint density at radius 1 is 1.25 bits per heavy atom. The summed E-state index contributed by atoms with van der Waals surface area (Å²) >= 11 is 0. The Hall–Kier alpha value is -1.98. The summed E-state index contributed by atoms with van der Waals surface area (Å²) < 4.78 is 25.9. The molecule has 1 aliphatic heterocycles. The minimum atomic E-state index is -0.802. The van der Waals surface area contributed by atoms with Crippen molar-refractivity contribution in [2.75, 3.05) is 7.05 Å². The van der Waals surface area contributed by atoms with E-state index in [-0.39, 0.29) is 11.5 Å². The SMILES string of the molecule is CN=C1NC(=O)C(c2cc(F)cc(F)c2)N1. The van der Waals surface area contributed by atoms with Crippen LogP contribution >= 0.6 is 0 Å². The fourth-order valence-electron chi connectivity index (χ4n) is 1.52. The summed E-state index contributed by atoms with van der Waals surface area (Å²) in [5.41, 5.74) is 0.230. The van der Waals surface area contributed by atoms with Crippen molar-refractivity contribution in [2.24, 2.45) is 4.99 Å². The number of guanidine groups is 1. The number of hydrogen-bond donors (Lipinski definition) is 2. The second-order valence-electron chi connectivity index (χ2n) is 3.34. The Morgan fingerprint density at radius 2 is 1.88 bits per heavy atom. The Balaban J connectivity index is 2.34. The summed E-state index contributed by atoms with van der Waals surface area (Å²) in [6.07, 6.45) is 0. The zero-order chi connectivity index (χ0) is 11.7. The summed E-state index contributed by atoms with van der Waals surface area (Å²) in [5, 5.41) is 5.16. The van der Waals surface area contributed by atoms with Crippen molar-refractivity contribution >= 4 is 11.9 Å². The van der Waals surface area contributed by atoms with Crippen molar-refractivity contribution in [3.8, 4) is 0 Å². The first-order chi connectivity index (χ1) is 7.60. The number of hydrogen-bond acceptors (Lipinski definition) is 2. The van der Waals surface area contributed by atoms with Gasteiger partial charge in [-0.25, -0.2) is 8.78 Å². The zero-order valence-electron chi connectivity index (χ0n) is 8.42. The molecule has 1 heterocycles. The van der Waals surface area contributed by atoms with Gasteiger partial charge in [0, 0.05) is 13.1 Å². The van der Waals surface area contributed by atoms with Crippen LogP contribution in [0.2, 0.25) is 0 Å². The fraction of sp³-hybridized carbons (Fsp3) is 0.200. The van der Waals surface area contributed by atoms with Crippen LogP contribution in [-0.4, -0.2) is 18.9 Å². The lowest BCUT2D eigenvalue weighted by atomic mass is 10.1. The molecule has 0 aliphatic carbocycles. The number of aliphatic imine (C=N–C) groups is 1. The van der Waals surface area contributed by atoms with Crippen LogP contribution in [0.1, 0.15) is 11.6 Å². The third-order valence-corrected chi connectivity index (χ3v) is 2.23. The predicted octanol–water partition coefficient (Wildman–Crippen LogP) is 0.711. The summed E-state index contributed by atoms with van der Waals surface area (Å²) in [6, 6.07) is 2.17. The van der Waals surface area contributed by atoms with Crippen LogP contribution in [0.25, 0.3) is 0 Å². The molecule has 0 saturated carbocycles. The second-order valence-corrected chi connectivity index (χ2v) is 3.34. The minimum Gasteiger partial charge on any atom is -0.340 e. The lowest BCUT2D eigenvalue weighted by molar-refractivity contribution is -0.120. The number of nitrogens with one attached hydrogen (secondary N) is 2. The number of rotatable bonds is 1. The molecule has 2 N–H and O–H groups in total. The number of nitrogens with zero attached hydrogens (tertiary/aromatic N) is 1. The molecular formula is C10H9F2N3O. The standard InChI is InChI=1S/C10H9F2N3O/c1-13-10-14-8(9(16)15-10)5-2-6(11)4-7(12)3-5/h2-4,8H,1H3,(H2,13,14,15,16). The molecule has 1 unspecified atom stereocenters. The average molecular weight is 225 g/mol. The fourth-order valence-corrected chi connectivity index (χ4v) is 1.52. The van der Waals surface area contributed by atoms with E-state index >= 15 is 0 Å². The van der Waals surface area contributed by atoms with Gasteiger partial charge in [-0.1, -0.05) is 0 Å². The molecule has 0 aromatic heterocycles. The van der Waals surface area contributed by atoms with E-state index in [1.54, 1.807) is 0 Å². The lowest BCUT2D eigenvalue weighted by Gasteiger charge is -2.08. The highest BCUT2D eigenvalue weighted by atomic mass is 19.1. The van der Waals surface area contributed by atoms with Crippen LogP contribution in [0.15, 0.2) is 23.2 Å². The molecule has 1 aliphatic rings. The molecule has 1 fully saturated rings. The summed E-state index contributed by atoms with van der Waals surface area (Å²) in [5.74, 6) is -1.52. The third-order valence-electron chi connectivity index (χ3n) is 2.23. The first-order valence-electron chi connectivity index (χ1n) is 4.60. The Morgan fingerprint density at radius 3 is 2.38 bits per heavy atom. The van der Waals surface area contributed by atoms with Crippen LogP contribution in [0.5, 0.6) is 0 Å². The summed E-state index contributed by atoms with van der Waals surface area (Å²) in [6.45, 7) is 0. The van der Waals surface area contributed by atoms with Crippen molar-refractivity contribution in [2.45, 2.75) is 6.04 Å². The molecule has 1 aromatic carbocycles. The first-order valence-corrected chi connectivity index (χ1v) is 4.60. The van der Waals surface area contributed by atoms with Crippen molar-refractivity contribution in [1.82, 2.24) is 10.6 Å². The smallest absolute Gasteiger partial charge is 0.253 e. The molecule has 0 spiro atoms. The van der Waals surface area contributed by atoms with E-state index in [1.807, 2.05) is 0 Å². The molecule has 4 nitrogen and oxygen atoms in total. The van der Waals surface area contributed by atoms with Gasteiger partial charge in [0.15, 0.2) is 5.96 Å². The van der Waals surface area contributed by atoms with Crippen molar-refractivity contribution < 1.29 is 13.6 Å². The van der Waals surface area contributed by atoms with Gasteiger partial charge in [-0.05, 0) is 17.7 Å². The van der Waals surface area contributed by atoms with Gasteiger partial charge in [0.05, 0.1) is 0 Å². The van der Waals surface area contributed by atoms with Crippen LogP contribution in [0.4, 0.5) is 8.78 Å². The molecule has 0 bridgehead atoms. The molecule has 1 aromatic rings. The van der Waals surface area contributed by atoms with Gasteiger partial charge in [-0.2, -0.15) is 0 Å².